The van der Waals surface area contributed by atoms with Crippen molar-refractivity contribution in [2.24, 2.45) is 0 Å². The van der Waals surface area contributed by atoms with Gasteiger partial charge >= 0.3 is 0 Å². The smallest absolute Gasteiger partial charge is 0.142 e. The molecule has 4 nitrogen and oxygen atoms in total. The Kier molecular flexibility index (Phi) is 5.05. The van der Waals surface area contributed by atoms with Crippen molar-refractivity contribution in [3.8, 4) is 5.75 Å². The summed E-state index contributed by atoms with van der Waals surface area (Å²) < 4.78 is 6.16. The molecule has 0 bridgehead atoms. The lowest BCUT2D eigenvalue weighted by Gasteiger charge is -2.28. The Morgan fingerprint density at radius 2 is 2.00 bits per heavy atom. The highest BCUT2D eigenvalue weighted by molar-refractivity contribution is 9.10. The average Bonchev–Trinajstić information content (AvgIpc) is 2.30. The van der Waals surface area contributed by atoms with E-state index >= 15 is 0 Å². The SMILES string of the molecule is COc1ccc(Br)cc1N(C)C(CO)CO. The number of benzene rings is 1. The quantitative estimate of drug-likeness (QED) is 0.857. The Balaban J connectivity index is 3.04. The third-order valence-electron chi connectivity index (χ3n) is 2.49. The molecule has 1 aromatic rings. The molecule has 0 atom stereocenters. The topological polar surface area (TPSA) is 52.9 Å². The van der Waals surface area contributed by atoms with Crippen LogP contribution < -0.4 is 9.64 Å². The number of rotatable bonds is 5. The van der Waals surface area contributed by atoms with E-state index in [-0.39, 0.29) is 19.3 Å². The highest BCUT2D eigenvalue weighted by atomic mass is 79.9. The standard InChI is InChI=1S/C11H16BrNO3/c1-13(9(6-14)7-15)10-5-8(12)3-4-11(10)16-2/h3-5,9,14-15H,6-7H2,1-2H3. The first-order chi connectivity index (χ1) is 7.63. The van der Waals surface area contributed by atoms with Crippen molar-refractivity contribution in [2.75, 3.05) is 32.3 Å². The number of aliphatic hydroxyl groups excluding tert-OH is 2. The molecule has 5 heteroatoms. The fraction of sp³-hybridized carbons (Fsp3) is 0.455. The van der Waals surface area contributed by atoms with Gasteiger partial charge in [-0.1, -0.05) is 15.9 Å². The van der Waals surface area contributed by atoms with Crippen molar-refractivity contribution in [2.45, 2.75) is 6.04 Å². The first-order valence-corrected chi connectivity index (χ1v) is 5.71. The summed E-state index contributed by atoms with van der Waals surface area (Å²) in [6, 6.07) is 5.27. The van der Waals surface area contributed by atoms with E-state index in [0.717, 1.165) is 10.2 Å². The van der Waals surface area contributed by atoms with Crippen LogP contribution in [0.25, 0.3) is 0 Å². The number of methoxy groups -OCH3 is 1. The fourth-order valence-electron chi connectivity index (χ4n) is 1.44. The number of likely N-dealkylation sites (N-methyl/N-ethyl adjacent to an activating group) is 1. The van der Waals surface area contributed by atoms with Gasteiger partial charge in [-0.15, -0.1) is 0 Å². The van der Waals surface area contributed by atoms with Crippen LogP contribution in [0.5, 0.6) is 5.75 Å². The molecule has 2 N–H and O–H groups in total. The molecule has 0 fully saturated rings. The summed E-state index contributed by atoms with van der Waals surface area (Å²) in [5, 5.41) is 18.3. The van der Waals surface area contributed by atoms with Crippen LogP contribution >= 0.6 is 15.9 Å². The molecule has 0 radical (unpaired) electrons. The molecular weight excluding hydrogens is 274 g/mol. The van der Waals surface area contributed by atoms with Gasteiger partial charge in [0.25, 0.3) is 0 Å². The molecular formula is C11H16BrNO3. The molecule has 0 spiro atoms. The van der Waals surface area contributed by atoms with Crippen molar-refractivity contribution in [1.82, 2.24) is 0 Å². The maximum atomic E-state index is 9.14. The van der Waals surface area contributed by atoms with Crippen molar-refractivity contribution in [3.05, 3.63) is 22.7 Å². The third kappa shape index (κ3) is 2.87. The highest BCUT2D eigenvalue weighted by Crippen LogP contribution is 2.31. The second-order valence-corrected chi connectivity index (χ2v) is 4.36. The van der Waals surface area contributed by atoms with Crippen LogP contribution in [0, 0.1) is 0 Å². The number of halogens is 1. The summed E-state index contributed by atoms with van der Waals surface area (Å²) in [6.07, 6.45) is 0. The molecule has 0 unspecified atom stereocenters. The van der Waals surface area contributed by atoms with E-state index in [1.165, 1.54) is 0 Å². The molecule has 0 heterocycles. The third-order valence-corrected chi connectivity index (χ3v) is 2.98. The van der Waals surface area contributed by atoms with Crippen LogP contribution in [0.3, 0.4) is 0 Å². The van der Waals surface area contributed by atoms with E-state index in [9.17, 15) is 0 Å². The lowest BCUT2D eigenvalue weighted by atomic mass is 10.2. The van der Waals surface area contributed by atoms with Gasteiger partial charge in [-0.25, -0.2) is 0 Å². The first-order valence-electron chi connectivity index (χ1n) is 4.92. The first kappa shape index (κ1) is 13.3. The summed E-state index contributed by atoms with van der Waals surface area (Å²) in [4.78, 5) is 1.80. The molecule has 0 aromatic heterocycles. The molecule has 0 aliphatic carbocycles. The molecule has 0 saturated carbocycles. The van der Waals surface area contributed by atoms with Gasteiger partial charge in [0.1, 0.15) is 5.75 Å². The van der Waals surface area contributed by atoms with Gasteiger partial charge in [0.15, 0.2) is 0 Å². The van der Waals surface area contributed by atoms with Crippen LogP contribution in [-0.2, 0) is 0 Å². The van der Waals surface area contributed by atoms with Gasteiger partial charge in [-0.2, -0.15) is 0 Å². The van der Waals surface area contributed by atoms with Gasteiger partial charge < -0.3 is 19.8 Å². The Hall–Kier alpha value is -0.780. The zero-order valence-electron chi connectivity index (χ0n) is 9.35. The molecule has 0 amide bonds. The minimum Gasteiger partial charge on any atom is -0.495 e. The molecule has 0 saturated heterocycles. The Morgan fingerprint density at radius 1 is 1.38 bits per heavy atom. The molecule has 1 rings (SSSR count). The number of hydrogen-bond donors (Lipinski definition) is 2. The van der Waals surface area contributed by atoms with Crippen LogP contribution in [0.4, 0.5) is 5.69 Å². The van der Waals surface area contributed by atoms with Gasteiger partial charge in [0, 0.05) is 11.5 Å². The summed E-state index contributed by atoms with van der Waals surface area (Å²) in [6.45, 7) is -0.217. The summed E-state index contributed by atoms with van der Waals surface area (Å²) in [5.41, 5.74) is 0.824. The van der Waals surface area contributed by atoms with Gasteiger partial charge in [0.2, 0.25) is 0 Å². The van der Waals surface area contributed by atoms with Crippen LogP contribution in [0.15, 0.2) is 22.7 Å². The second-order valence-electron chi connectivity index (χ2n) is 3.45. The van der Waals surface area contributed by atoms with E-state index in [1.807, 2.05) is 18.2 Å². The highest BCUT2D eigenvalue weighted by Gasteiger charge is 2.16. The fourth-order valence-corrected chi connectivity index (χ4v) is 1.79. The maximum absolute atomic E-state index is 9.14. The van der Waals surface area contributed by atoms with Crippen LogP contribution in [0.2, 0.25) is 0 Å². The summed E-state index contributed by atoms with van der Waals surface area (Å²) >= 11 is 3.38. The minimum absolute atomic E-state index is 0.108. The summed E-state index contributed by atoms with van der Waals surface area (Å²) in [7, 11) is 3.40. The number of hydrogen-bond acceptors (Lipinski definition) is 4. The van der Waals surface area contributed by atoms with Gasteiger partial charge in [-0.3, -0.25) is 0 Å². The predicted molar refractivity (Wildman–Crippen MR) is 67.1 cm³/mol. The van der Waals surface area contributed by atoms with Crippen molar-refractivity contribution in [3.63, 3.8) is 0 Å². The Morgan fingerprint density at radius 3 is 2.50 bits per heavy atom. The van der Waals surface area contributed by atoms with E-state index in [4.69, 9.17) is 14.9 Å². The van der Waals surface area contributed by atoms with E-state index in [1.54, 1.807) is 19.1 Å². The van der Waals surface area contributed by atoms with E-state index in [0.29, 0.717) is 5.75 Å². The lowest BCUT2D eigenvalue weighted by molar-refractivity contribution is 0.190. The van der Waals surface area contributed by atoms with Crippen LogP contribution in [-0.4, -0.2) is 43.6 Å². The molecule has 90 valence electrons. The van der Waals surface area contributed by atoms with Crippen molar-refractivity contribution >= 4 is 21.6 Å². The summed E-state index contributed by atoms with van der Waals surface area (Å²) in [5.74, 6) is 0.706. The van der Waals surface area contributed by atoms with Gasteiger partial charge in [0.05, 0.1) is 32.1 Å². The molecule has 0 aliphatic heterocycles. The molecule has 0 aliphatic rings. The van der Waals surface area contributed by atoms with Gasteiger partial charge in [-0.05, 0) is 18.2 Å². The van der Waals surface area contributed by atoms with Crippen molar-refractivity contribution < 1.29 is 14.9 Å². The monoisotopic (exact) mass is 289 g/mol. The zero-order chi connectivity index (χ0) is 12.1. The van der Waals surface area contributed by atoms with E-state index < -0.39 is 0 Å². The molecule has 1 aromatic carbocycles. The normalized spacial score (nSPS) is 10.6. The van der Waals surface area contributed by atoms with Crippen LogP contribution in [0.1, 0.15) is 0 Å². The number of ether oxygens (including phenoxy) is 1. The lowest BCUT2D eigenvalue weighted by Crippen LogP contribution is -2.37. The maximum Gasteiger partial charge on any atom is 0.142 e. The minimum atomic E-state index is -0.330. The largest absolute Gasteiger partial charge is 0.495 e. The predicted octanol–water partition coefficient (Wildman–Crippen LogP) is 1.25. The Bertz CT molecular complexity index is 342. The Labute approximate surface area is 104 Å². The second kappa shape index (κ2) is 6.08. The molecule has 16 heavy (non-hydrogen) atoms. The van der Waals surface area contributed by atoms with Crippen molar-refractivity contribution in [1.29, 1.82) is 0 Å². The number of nitrogens with zero attached hydrogens (tertiary/aromatic N) is 1. The number of aliphatic hydroxyl groups is 2. The average molecular weight is 290 g/mol. The van der Waals surface area contributed by atoms with E-state index in [2.05, 4.69) is 15.9 Å². The zero-order valence-corrected chi connectivity index (χ0v) is 10.9. The number of anilines is 1.